The third kappa shape index (κ3) is 3.94. The van der Waals surface area contributed by atoms with Crippen LogP contribution in [0.15, 0.2) is 47.1 Å². The monoisotopic (exact) mass is 339 g/mol. The minimum atomic E-state index is 0.0381. The summed E-state index contributed by atoms with van der Waals surface area (Å²) in [5.41, 5.74) is 2.17. The molecule has 25 heavy (non-hydrogen) atoms. The summed E-state index contributed by atoms with van der Waals surface area (Å²) in [5, 5.41) is 3.03. The molecule has 1 saturated heterocycles. The molecule has 0 radical (unpaired) electrons. The average molecular weight is 339 g/mol. The van der Waals surface area contributed by atoms with E-state index in [1.54, 1.807) is 6.26 Å². The number of nitrogens with one attached hydrogen (secondary N) is 1. The molecule has 4 rings (SSSR count). The highest BCUT2D eigenvalue weighted by Crippen LogP contribution is 2.48. The molecule has 5 heteroatoms. The number of carbonyl (C=O) groups excluding carboxylic acids is 1. The number of rotatable bonds is 5. The summed E-state index contributed by atoms with van der Waals surface area (Å²) in [6.07, 6.45) is 2.54. The van der Waals surface area contributed by atoms with Gasteiger partial charge in [-0.1, -0.05) is 12.1 Å². The fourth-order valence-corrected chi connectivity index (χ4v) is 3.49. The maximum absolute atomic E-state index is 12.3. The molecule has 2 heterocycles. The van der Waals surface area contributed by atoms with Crippen molar-refractivity contribution in [2.45, 2.75) is 18.9 Å². The number of nitrogens with zero attached hydrogens (tertiary/aromatic N) is 2. The molecule has 2 aromatic rings. The van der Waals surface area contributed by atoms with Crippen LogP contribution in [0.1, 0.15) is 23.7 Å². The van der Waals surface area contributed by atoms with E-state index in [2.05, 4.69) is 34.3 Å². The molecule has 1 amide bonds. The van der Waals surface area contributed by atoms with Gasteiger partial charge in [-0.2, -0.15) is 0 Å². The molecule has 1 N–H and O–H groups in total. The molecule has 0 spiro atoms. The molecule has 1 aromatic carbocycles. The van der Waals surface area contributed by atoms with Gasteiger partial charge in [0.05, 0.1) is 6.26 Å². The van der Waals surface area contributed by atoms with Gasteiger partial charge < -0.3 is 14.6 Å². The lowest BCUT2D eigenvalue weighted by atomic mass is 10.1. The van der Waals surface area contributed by atoms with Crippen LogP contribution >= 0.6 is 0 Å². The van der Waals surface area contributed by atoms with E-state index < -0.39 is 0 Å². The van der Waals surface area contributed by atoms with Crippen LogP contribution in [0.5, 0.6) is 0 Å². The normalized spacial score (nSPS) is 24.2. The maximum Gasteiger partial charge on any atom is 0.228 e. The fraction of sp³-hybridized carbons (Fsp3) is 0.450. The molecule has 0 unspecified atom stereocenters. The van der Waals surface area contributed by atoms with Crippen LogP contribution in [0.25, 0.3) is 0 Å². The lowest BCUT2D eigenvalue weighted by Crippen LogP contribution is -2.43. The Kier molecular flexibility index (Phi) is 4.59. The van der Waals surface area contributed by atoms with Crippen molar-refractivity contribution in [3.63, 3.8) is 0 Å². The van der Waals surface area contributed by atoms with Crippen LogP contribution in [0.4, 0.5) is 5.69 Å². The van der Waals surface area contributed by atoms with Gasteiger partial charge in [-0.15, -0.1) is 0 Å². The van der Waals surface area contributed by atoms with Crippen molar-refractivity contribution < 1.29 is 9.21 Å². The Morgan fingerprint density at radius 1 is 1.16 bits per heavy atom. The van der Waals surface area contributed by atoms with Crippen molar-refractivity contribution in [3.8, 4) is 0 Å². The van der Waals surface area contributed by atoms with Crippen LogP contribution in [-0.2, 0) is 11.3 Å². The summed E-state index contributed by atoms with van der Waals surface area (Å²) in [4.78, 5) is 17.2. The third-order valence-electron chi connectivity index (χ3n) is 5.26. The van der Waals surface area contributed by atoms with Gasteiger partial charge in [0.2, 0.25) is 5.91 Å². The zero-order chi connectivity index (χ0) is 17.2. The minimum absolute atomic E-state index is 0.0381. The van der Waals surface area contributed by atoms with E-state index >= 15 is 0 Å². The second kappa shape index (κ2) is 7.02. The first kappa shape index (κ1) is 16.4. The summed E-state index contributed by atoms with van der Waals surface area (Å²) in [5.74, 6) is 1.29. The summed E-state index contributed by atoms with van der Waals surface area (Å²) >= 11 is 0. The van der Waals surface area contributed by atoms with Crippen molar-refractivity contribution in [3.05, 3.63) is 54.0 Å². The van der Waals surface area contributed by atoms with Crippen LogP contribution < -0.4 is 5.32 Å². The zero-order valence-electron chi connectivity index (χ0n) is 14.6. The Bertz CT molecular complexity index is 703. The van der Waals surface area contributed by atoms with Gasteiger partial charge in [-0.25, -0.2) is 0 Å². The summed E-state index contributed by atoms with van der Waals surface area (Å²) in [7, 11) is 2.17. The molecule has 1 saturated carbocycles. The van der Waals surface area contributed by atoms with E-state index in [9.17, 15) is 4.79 Å². The molecule has 132 valence electrons. The molecule has 2 fully saturated rings. The molecule has 2 aliphatic rings. The van der Waals surface area contributed by atoms with Crippen LogP contribution in [0.2, 0.25) is 0 Å². The van der Waals surface area contributed by atoms with Gasteiger partial charge in [0, 0.05) is 50.2 Å². The molecule has 1 aromatic heterocycles. The molecule has 0 bridgehead atoms. The Hall–Kier alpha value is -2.11. The van der Waals surface area contributed by atoms with Crippen molar-refractivity contribution in [2.75, 3.05) is 38.5 Å². The first-order valence-corrected chi connectivity index (χ1v) is 9.03. The number of hydrogen-bond donors (Lipinski definition) is 1. The molecular weight excluding hydrogens is 314 g/mol. The van der Waals surface area contributed by atoms with E-state index in [4.69, 9.17) is 4.42 Å². The van der Waals surface area contributed by atoms with E-state index in [1.807, 2.05) is 24.3 Å². The first-order valence-electron chi connectivity index (χ1n) is 9.03. The van der Waals surface area contributed by atoms with Gasteiger partial charge in [0.1, 0.15) is 5.76 Å². The van der Waals surface area contributed by atoms with Gasteiger partial charge in [-0.05, 0) is 43.3 Å². The summed E-state index contributed by atoms with van der Waals surface area (Å²) < 4.78 is 5.39. The minimum Gasteiger partial charge on any atom is -0.469 e. The smallest absolute Gasteiger partial charge is 0.228 e. The van der Waals surface area contributed by atoms with Crippen molar-refractivity contribution >= 4 is 11.6 Å². The topological polar surface area (TPSA) is 48.7 Å². The quantitative estimate of drug-likeness (QED) is 0.910. The Labute approximate surface area is 148 Å². The molecule has 1 aliphatic heterocycles. The predicted octanol–water partition coefficient (Wildman–Crippen LogP) is 2.77. The predicted molar refractivity (Wildman–Crippen MR) is 97.4 cm³/mol. The number of carbonyl (C=O) groups is 1. The zero-order valence-corrected chi connectivity index (χ0v) is 14.6. The highest BCUT2D eigenvalue weighted by atomic mass is 16.3. The Morgan fingerprint density at radius 3 is 2.60 bits per heavy atom. The fourth-order valence-electron chi connectivity index (χ4n) is 3.49. The van der Waals surface area contributed by atoms with Crippen LogP contribution in [-0.4, -0.2) is 48.9 Å². The van der Waals surface area contributed by atoms with E-state index in [0.717, 1.165) is 50.6 Å². The largest absolute Gasteiger partial charge is 0.469 e. The van der Waals surface area contributed by atoms with Gasteiger partial charge in [0.15, 0.2) is 0 Å². The van der Waals surface area contributed by atoms with Gasteiger partial charge in [0.25, 0.3) is 0 Å². The molecule has 2 atom stereocenters. The lowest BCUT2D eigenvalue weighted by molar-refractivity contribution is -0.117. The van der Waals surface area contributed by atoms with Crippen molar-refractivity contribution in [1.82, 2.24) is 9.80 Å². The van der Waals surface area contributed by atoms with Crippen LogP contribution in [0.3, 0.4) is 0 Å². The van der Waals surface area contributed by atoms with E-state index in [-0.39, 0.29) is 17.7 Å². The van der Waals surface area contributed by atoms with E-state index in [0.29, 0.717) is 0 Å². The lowest BCUT2D eigenvalue weighted by Gasteiger charge is -2.32. The number of furan rings is 1. The Balaban J connectivity index is 1.28. The summed E-state index contributed by atoms with van der Waals surface area (Å²) in [6, 6.07) is 12.1. The van der Waals surface area contributed by atoms with Gasteiger partial charge >= 0.3 is 0 Å². The standard InChI is InChI=1S/C20H25N3O2/c1-22-8-10-23(11-9-22)14-15-4-6-16(7-5-15)21-20(24)18-13-17(18)19-3-2-12-25-19/h2-7,12,17-18H,8-11,13-14H2,1H3,(H,21,24)/t17-,18+/m1/s1. The SMILES string of the molecule is CN1CCN(Cc2ccc(NC(=O)[C@H]3C[C@H]3c3ccco3)cc2)CC1. The number of anilines is 1. The first-order chi connectivity index (χ1) is 12.2. The summed E-state index contributed by atoms with van der Waals surface area (Å²) in [6.45, 7) is 5.47. The average Bonchev–Trinajstić information content (AvgIpc) is 3.24. The second-order valence-corrected chi connectivity index (χ2v) is 7.23. The molecule has 5 nitrogen and oxygen atoms in total. The number of amides is 1. The number of hydrogen-bond acceptors (Lipinski definition) is 4. The highest BCUT2D eigenvalue weighted by molar-refractivity contribution is 5.95. The highest BCUT2D eigenvalue weighted by Gasteiger charge is 2.45. The van der Waals surface area contributed by atoms with Crippen molar-refractivity contribution in [2.24, 2.45) is 5.92 Å². The number of benzene rings is 1. The van der Waals surface area contributed by atoms with E-state index in [1.165, 1.54) is 5.56 Å². The maximum atomic E-state index is 12.3. The van der Waals surface area contributed by atoms with Crippen LogP contribution in [0, 0.1) is 5.92 Å². The number of likely N-dealkylation sites (N-methyl/N-ethyl adjacent to an activating group) is 1. The Morgan fingerprint density at radius 2 is 1.92 bits per heavy atom. The molecule has 1 aliphatic carbocycles. The number of piperazine rings is 1. The van der Waals surface area contributed by atoms with Crippen molar-refractivity contribution in [1.29, 1.82) is 0 Å². The second-order valence-electron chi connectivity index (χ2n) is 7.23. The molecular formula is C20H25N3O2. The third-order valence-corrected chi connectivity index (χ3v) is 5.26. The van der Waals surface area contributed by atoms with Gasteiger partial charge in [-0.3, -0.25) is 9.69 Å².